The standard InChI is InChI=1S/C48H32N6/c1-4-16-33(17-5-1)38-31-43(42-27-12-13-28-49-42)51-44(32-38)45-41(26-15-29-50-45)40-25-11-10-24-39(40)36-22-14-23-37(30-36)48-53-46(34-18-6-2-7-19-34)52-47(54-48)35-20-8-3-9-21-35/h1-32H. The lowest BCUT2D eigenvalue weighted by Crippen LogP contribution is -2.00. The number of hydrogen-bond donors (Lipinski definition) is 0. The summed E-state index contributed by atoms with van der Waals surface area (Å²) in [5.41, 5.74) is 12.1. The second kappa shape index (κ2) is 14.7. The first-order valence-electron chi connectivity index (χ1n) is 17.8. The first-order chi connectivity index (χ1) is 26.8. The van der Waals surface area contributed by atoms with Gasteiger partial charge in [0.05, 0.1) is 22.8 Å². The van der Waals surface area contributed by atoms with Gasteiger partial charge in [0, 0.05) is 34.6 Å². The quantitative estimate of drug-likeness (QED) is 0.158. The van der Waals surface area contributed by atoms with Crippen molar-refractivity contribution in [3.8, 4) is 90.3 Å². The van der Waals surface area contributed by atoms with Crippen LogP contribution in [-0.2, 0) is 0 Å². The van der Waals surface area contributed by atoms with E-state index in [2.05, 4.69) is 83.8 Å². The minimum Gasteiger partial charge on any atom is -0.255 e. The van der Waals surface area contributed by atoms with Gasteiger partial charge in [0.1, 0.15) is 0 Å². The van der Waals surface area contributed by atoms with Crippen LogP contribution < -0.4 is 0 Å². The van der Waals surface area contributed by atoms with Gasteiger partial charge >= 0.3 is 0 Å². The Morgan fingerprint density at radius 2 is 0.778 bits per heavy atom. The van der Waals surface area contributed by atoms with Crippen molar-refractivity contribution in [1.29, 1.82) is 0 Å². The maximum atomic E-state index is 5.16. The molecular formula is C48H32N6. The van der Waals surface area contributed by atoms with Gasteiger partial charge in [-0.2, -0.15) is 0 Å². The van der Waals surface area contributed by atoms with Crippen LogP contribution in [0.15, 0.2) is 194 Å². The molecule has 0 aliphatic rings. The molecular weight excluding hydrogens is 661 g/mol. The minimum absolute atomic E-state index is 0.605. The highest BCUT2D eigenvalue weighted by molar-refractivity contribution is 5.91. The van der Waals surface area contributed by atoms with Gasteiger partial charge in [-0.25, -0.2) is 19.9 Å². The summed E-state index contributed by atoms with van der Waals surface area (Å²) in [6, 6.07) is 61.4. The van der Waals surface area contributed by atoms with Crippen molar-refractivity contribution in [2.45, 2.75) is 0 Å². The van der Waals surface area contributed by atoms with Crippen molar-refractivity contribution in [2.75, 3.05) is 0 Å². The van der Waals surface area contributed by atoms with E-state index in [1.54, 1.807) is 6.20 Å². The number of benzene rings is 5. The predicted octanol–water partition coefficient (Wildman–Crippen LogP) is 11.4. The van der Waals surface area contributed by atoms with Crippen LogP contribution in [0.25, 0.3) is 90.3 Å². The van der Waals surface area contributed by atoms with Gasteiger partial charge in [-0.15, -0.1) is 0 Å². The Kier molecular flexibility index (Phi) is 8.81. The SMILES string of the molecule is c1ccc(-c2cc(-c3ccccn3)nc(-c3ncccc3-c3ccccc3-c3cccc(-c4nc(-c5ccccc5)nc(-c5ccccc5)n4)c3)c2)cc1. The van der Waals surface area contributed by atoms with Crippen LogP contribution in [0.1, 0.15) is 0 Å². The monoisotopic (exact) mass is 692 g/mol. The molecule has 9 aromatic rings. The maximum absolute atomic E-state index is 5.16. The molecule has 9 rings (SSSR count). The van der Waals surface area contributed by atoms with Gasteiger partial charge in [0.25, 0.3) is 0 Å². The highest BCUT2D eigenvalue weighted by Crippen LogP contribution is 2.39. The Balaban J connectivity index is 1.17. The average molecular weight is 693 g/mol. The van der Waals surface area contributed by atoms with E-state index >= 15 is 0 Å². The molecule has 0 N–H and O–H groups in total. The Morgan fingerprint density at radius 3 is 1.44 bits per heavy atom. The summed E-state index contributed by atoms with van der Waals surface area (Å²) in [6.45, 7) is 0. The molecule has 4 heterocycles. The van der Waals surface area contributed by atoms with E-state index in [1.807, 2.05) is 109 Å². The fraction of sp³-hybridized carbons (Fsp3) is 0. The van der Waals surface area contributed by atoms with Crippen LogP contribution in [0.2, 0.25) is 0 Å². The molecule has 0 amide bonds. The van der Waals surface area contributed by atoms with Crippen LogP contribution in [0.5, 0.6) is 0 Å². The molecule has 254 valence electrons. The molecule has 0 aliphatic heterocycles. The average Bonchev–Trinajstić information content (AvgIpc) is 3.27. The molecule has 4 aromatic heterocycles. The van der Waals surface area contributed by atoms with E-state index in [1.165, 1.54) is 0 Å². The molecule has 0 saturated carbocycles. The highest BCUT2D eigenvalue weighted by Gasteiger charge is 2.18. The minimum atomic E-state index is 0.605. The van der Waals surface area contributed by atoms with E-state index in [0.717, 1.165) is 72.8 Å². The smallest absolute Gasteiger partial charge is 0.164 e. The summed E-state index contributed by atoms with van der Waals surface area (Å²) in [7, 11) is 0. The second-order valence-corrected chi connectivity index (χ2v) is 12.8. The largest absolute Gasteiger partial charge is 0.255 e. The van der Waals surface area contributed by atoms with Crippen molar-refractivity contribution in [1.82, 2.24) is 29.9 Å². The summed E-state index contributed by atoms with van der Waals surface area (Å²) in [5.74, 6) is 1.86. The lowest BCUT2D eigenvalue weighted by atomic mass is 9.91. The molecule has 0 spiro atoms. The molecule has 0 saturated heterocycles. The third-order valence-electron chi connectivity index (χ3n) is 9.26. The predicted molar refractivity (Wildman–Crippen MR) is 217 cm³/mol. The van der Waals surface area contributed by atoms with E-state index in [-0.39, 0.29) is 0 Å². The molecule has 0 aliphatic carbocycles. The van der Waals surface area contributed by atoms with Crippen molar-refractivity contribution in [3.63, 3.8) is 0 Å². The fourth-order valence-electron chi connectivity index (χ4n) is 6.65. The van der Waals surface area contributed by atoms with Crippen LogP contribution in [-0.4, -0.2) is 29.9 Å². The molecule has 0 bridgehead atoms. The van der Waals surface area contributed by atoms with E-state index in [9.17, 15) is 0 Å². The summed E-state index contributed by atoms with van der Waals surface area (Å²) in [6.07, 6.45) is 3.62. The van der Waals surface area contributed by atoms with Crippen LogP contribution in [0.4, 0.5) is 0 Å². The summed E-state index contributed by atoms with van der Waals surface area (Å²) < 4.78 is 0. The first kappa shape index (κ1) is 32.5. The molecule has 0 fully saturated rings. The van der Waals surface area contributed by atoms with Gasteiger partial charge in [0.2, 0.25) is 0 Å². The van der Waals surface area contributed by atoms with Gasteiger partial charge in [0.15, 0.2) is 17.5 Å². The van der Waals surface area contributed by atoms with E-state index in [4.69, 9.17) is 24.9 Å². The number of nitrogens with zero attached hydrogens (tertiary/aromatic N) is 6. The Labute approximate surface area is 313 Å². The van der Waals surface area contributed by atoms with E-state index in [0.29, 0.717) is 17.5 Å². The lowest BCUT2D eigenvalue weighted by Gasteiger charge is -2.15. The number of rotatable bonds is 8. The first-order valence-corrected chi connectivity index (χ1v) is 17.8. The number of hydrogen-bond acceptors (Lipinski definition) is 6. The number of aromatic nitrogens is 6. The lowest BCUT2D eigenvalue weighted by molar-refractivity contribution is 1.07. The van der Waals surface area contributed by atoms with Gasteiger partial charge in [-0.3, -0.25) is 9.97 Å². The molecule has 0 unspecified atom stereocenters. The molecule has 54 heavy (non-hydrogen) atoms. The maximum Gasteiger partial charge on any atom is 0.164 e. The van der Waals surface area contributed by atoms with Crippen LogP contribution in [0.3, 0.4) is 0 Å². The Hall–Kier alpha value is -7.44. The summed E-state index contributed by atoms with van der Waals surface area (Å²) >= 11 is 0. The van der Waals surface area contributed by atoms with Gasteiger partial charge in [-0.05, 0) is 64.2 Å². The molecule has 0 radical (unpaired) electrons. The van der Waals surface area contributed by atoms with Crippen molar-refractivity contribution in [3.05, 3.63) is 194 Å². The second-order valence-electron chi connectivity index (χ2n) is 12.8. The highest BCUT2D eigenvalue weighted by atomic mass is 15.0. The van der Waals surface area contributed by atoms with Crippen molar-refractivity contribution >= 4 is 0 Å². The van der Waals surface area contributed by atoms with Crippen LogP contribution in [0, 0.1) is 0 Å². The van der Waals surface area contributed by atoms with Crippen LogP contribution >= 0.6 is 0 Å². The third kappa shape index (κ3) is 6.67. The molecule has 6 heteroatoms. The van der Waals surface area contributed by atoms with E-state index < -0.39 is 0 Å². The zero-order valence-electron chi connectivity index (χ0n) is 29.2. The molecule has 5 aromatic carbocycles. The molecule has 6 nitrogen and oxygen atoms in total. The zero-order chi connectivity index (χ0) is 36.1. The molecule has 0 atom stereocenters. The third-order valence-corrected chi connectivity index (χ3v) is 9.26. The Morgan fingerprint density at radius 1 is 0.259 bits per heavy atom. The summed E-state index contributed by atoms with van der Waals surface area (Å²) in [4.78, 5) is 29.6. The fourth-order valence-corrected chi connectivity index (χ4v) is 6.65. The normalized spacial score (nSPS) is 11.0. The summed E-state index contributed by atoms with van der Waals surface area (Å²) in [5, 5.41) is 0. The van der Waals surface area contributed by atoms with Gasteiger partial charge in [-0.1, -0.05) is 146 Å². The Bertz CT molecular complexity index is 2590. The number of pyridine rings is 3. The van der Waals surface area contributed by atoms with Crippen molar-refractivity contribution in [2.24, 2.45) is 0 Å². The zero-order valence-corrected chi connectivity index (χ0v) is 29.2. The van der Waals surface area contributed by atoms with Gasteiger partial charge < -0.3 is 0 Å². The topological polar surface area (TPSA) is 77.3 Å². The van der Waals surface area contributed by atoms with Crippen molar-refractivity contribution < 1.29 is 0 Å².